The molecule has 1 aromatic carbocycles. The largest absolute Gasteiger partial charge is 0.299 e. The molecule has 0 unspecified atom stereocenters. The van der Waals surface area contributed by atoms with E-state index in [-0.39, 0.29) is 0 Å². The van der Waals surface area contributed by atoms with Gasteiger partial charge in [0.05, 0.1) is 0 Å². The fourth-order valence-corrected chi connectivity index (χ4v) is 2.10. The Hall–Kier alpha value is -1.11. The predicted molar refractivity (Wildman–Crippen MR) is 62.0 cm³/mol. The molecule has 0 spiro atoms. The summed E-state index contributed by atoms with van der Waals surface area (Å²) in [6.45, 7) is 4.26. The Labute approximate surface area is 91.5 Å². The number of rotatable bonds is 4. The Morgan fingerprint density at radius 3 is 2.40 bits per heavy atom. The normalized spacial score (nSPS) is 15.3. The van der Waals surface area contributed by atoms with E-state index in [1.165, 1.54) is 16.7 Å². The zero-order valence-corrected chi connectivity index (χ0v) is 9.55. The van der Waals surface area contributed by atoms with E-state index in [1.54, 1.807) is 0 Å². The van der Waals surface area contributed by atoms with Crippen LogP contribution in [0.4, 0.5) is 0 Å². The van der Waals surface area contributed by atoms with Crippen molar-refractivity contribution < 1.29 is 4.79 Å². The first kappa shape index (κ1) is 10.4. The maximum absolute atomic E-state index is 11.6. The summed E-state index contributed by atoms with van der Waals surface area (Å²) in [5.74, 6) is 0.881. The monoisotopic (exact) mass is 202 g/mol. The van der Waals surface area contributed by atoms with Gasteiger partial charge in [0.25, 0.3) is 0 Å². The SMILES string of the molecule is Cc1cccc(C)c1CCC(=O)C1CC1. The highest BCUT2D eigenvalue weighted by atomic mass is 16.1. The fraction of sp³-hybridized carbons (Fsp3) is 0.500. The van der Waals surface area contributed by atoms with Crippen molar-refractivity contribution in [3.05, 3.63) is 34.9 Å². The summed E-state index contributed by atoms with van der Waals surface area (Å²) in [4.78, 5) is 11.6. The molecule has 15 heavy (non-hydrogen) atoms. The molecule has 1 heteroatoms. The number of Topliss-reactive ketones (excluding diaryl/α,β-unsaturated/α-hetero) is 1. The second-order valence-electron chi connectivity index (χ2n) is 4.61. The predicted octanol–water partition coefficient (Wildman–Crippen LogP) is 3.22. The Morgan fingerprint density at radius 2 is 1.87 bits per heavy atom. The van der Waals surface area contributed by atoms with Crippen molar-refractivity contribution >= 4 is 5.78 Å². The minimum Gasteiger partial charge on any atom is -0.299 e. The molecule has 1 aliphatic rings. The Balaban J connectivity index is 2.00. The van der Waals surface area contributed by atoms with E-state index in [9.17, 15) is 4.79 Å². The van der Waals surface area contributed by atoms with Gasteiger partial charge in [-0.2, -0.15) is 0 Å². The molecule has 0 amide bonds. The van der Waals surface area contributed by atoms with Gasteiger partial charge in [0.2, 0.25) is 0 Å². The summed E-state index contributed by atoms with van der Waals surface area (Å²) in [5, 5.41) is 0. The number of ketones is 1. The maximum Gasteiger partial charge on any atom is 0.136 e. The molecule has 1 aliphatic carbocycles. The van der Waals surface area contributed by atoms with Gasteiger partial charge in [-0.15, -0.1) is 0 Å². The van der Waals surface area contributed by atoms with Gasteiger partial charge >= 0.3 is 0 Å². The van der Waals surface area contributed by atoms with Gasteiger partial charge in [-0.3, -0.25) is 4.79 Å². The first-order chi connectivity index (χ1) is 7.18. The van der Waals surface area contributed by atoms with Crippen molar-refractivity contribution in [2.24, 2.45) is 5.92 Å². The molecule has 0 aromatic heterocycles. The summed E-state index contributed by atoms with van der Waals surface area (Å²) < 4.78 is 0. The molecule has 1 nitrogen and oxygen atoms in total. The molecule has 80 valence electrons. The first-order valence-corrected chi connectivity index (χ1v) is 5.76. The topological polar surface area (TPSA) is 17.1 Å². The molecule has 0 atom stereocenters. The van der Waals surface area contributed by atoms with Crippen molar-refractivity contribution in [3.8, 4) is 0 Å². The van der Waals surface area contributed by atoms with E-state index in [0.29, 0.717) is 11.7 Å². The number of carbonyl (C=O) groups is 1. The van der Waals surface area contributed by atoms with Crippen LogP contribution in [0.15, 0.2) is 18.2 Å². The van der Waals surface area contributed by atoms with Crippen LogP contribution in [0.5, 0.6) is 0 Å². The van der Waals surface area contributed by atoms with E-state index < -0.39 is 0 Å². The number of aryl methyl sites for hydroxylation is 2. The highest BCUT2D eigenvalue weighted by Gasteiger charge is 2.28. The van der Waals surface area contributed by atoms with E-state index in [0.717, 1.165) is 25.7 Å². The zero-order valence-electron chi connectivity index (χ0n) is 9.55. The smallest absolute Gasteiger partial charge is 0.136 e. The third-order valence-electron chi connectivity index (χ3n) is 3.30. The first-order valence-electron chi connectivity index (χ1n) is 5.76. The molecular formula is C14H18O. The molecule has 1 aromatic rings. The summed E-state index contributed by atoms with van der Waals surface area (Å²) in [5.41, 5.74) is 4.00. The molecule has 0 bridgehead atoms. The number of hydrogen-bond donors (Lipinski definition) is 0. The summed E-state index contributed by atoms with van der Waals surface area (Å²) >= 11 is 0. The number of benzene rings is 1. The zero-order chi connectivity index (χ0) is 10.8. The van der Waals surface area contributed by atoms with Crippen LogP contribution >= 0.6 is 0 Å². The molecular weight excluding hydrogens is 184 g/mol. The molecule has 2 rings (SSSR count). The van der Waals surface area contributed by atoms with Crippen molar-refractivity contribution in [1.82, 2.24) is 0 Å². The lowest BCUT2D eigenvalue weighted by atomic mass is 9.97. The lowest BCUT2D eigenvalue weighted by Crippen LogP contribution is -2.04. The van der Waals surface area contributed by atoms with E-state index >= 15 is 0 Å². The number of carbonyl (C=O) groups excluding carboxylic acids is 1. The highest BCUT2D eigenvalue weighted by molar-refractivity contribution is 5.83. The Bertz CT molecular complexity index is 355. The maximum atomic E-state index is 11.6. The van der Waals surface area contributed by atoms with Gasteiger partial charge in [-0.05, 0) is 49.8 Å². The molecule has 1 saturated carbocycles. The average molecular weight is 202 g/mol. The lowest BCUT2D eigenvalue weighted by Gasteiger charge is -2.08. The molecule has 0 heterocycles. The highest BCUT2D eigenvalue weighted by Crippen LogP contribution is 2.31. The summed E-state index contributed by atoms with van der Waals surface area (Å²) in [6, 6.07) is 6.34. The van der Waals surface area contributed by atoms with E-state index in [1.807, 2.05) is 0 Å². The van der Waals surface area contributed by atoms with Crippen LogP contribution in [0.1, 0.15) is 36.0 Å². The van der Waals surface area contributed by atoms with Crippen LogP contribution in [-0.2, 0) is 11.2 Å². The van der Waals surface area contributed by atoms with Crippen molar-refractivity contribution in [1.29, 1.82) is 0 Å². The summed E-state index contributed by atoms with van der Waals surface area (Å²) in [6.07, 6.45) is 3.92. The van der Waals surface area contributed by atoms with Crippen LogP contribution in [0.3, 0.4) is 0 Å². The second kappa shape index (κ2) is 4.18. The van der Waals surface area contributed by atoms with Gasteiger partial charge in [-0.25, -0.2) is 0 Å². The Morgan fingerprint density at radius 1 is 1.27 bits per heavy atom. The Kier molecular flexibility index (Phi) is 2.90. The average Bonchev–Trinajstić information content (AvgIpc) is 2.99. The third kappa shape index (κ3) is 2.47. The van der Waals surface area contributed by atoms with Gasteiger partial charge < -0.3 is 0 Å². The molecule has 0 radical (unpaired) electrons. The van der Waals surface area contributed by atoms with E-state index in [2.05, 4.69) is 32.0 Å². The standard InChI is InChI=1S/C14H18O/c1-10-4-3-5-11(2)13(10)8-9-14(15)12-6-7-12/h3-5,12H,6-9H2,1-2H3. The van der Waals surface area contributed by atoms with Crippen molar-refractivity contribution in [2.45, 2.75) is 39.5 Å². The molecule has 0 aliphatic heterocycles. The minimum absolute atomic E-state index is 0.411. The lowest BCUT2D eigenvalue weighted by molar-refractivity contribution is -0.120. The van der Waals surface area contributed by atoms with Gasteiger partial charge in [0, 0.05) is 12.3 Å². The fourth-order valence-electron chi connectivity index (χ4n) is 2.10. The molecule has 0 saturated heterocycles. The van der Waals surface area contributed by atoms with Crippen LogP contribution in [-0.4, -0.2) is 5.78 Å². The van der Waals surface area contributed by atoms with Crippen molar-refractivity contribution in [3.63, 3.8) is 0 Å². The minimum atomic E-state index is 0.411. The third-order valence-corrected chi connectivity index (χ3v) is 3.30. The van der Waals surface area contributed by atoms with Crippen molar-refractivity contribution in [2.75, 3.05) is 0 Å². The van der Waals surface area contributed by atoms with Crippen LogP contribution in [0.2, 0.25) is 0 Å². The van der Waals surface area contributed by atoms with Gasteiger partial charge in [-0.1, -0.05) is 18.2 Å². The molecule has 1 fully saturated rings. The van der Waals surface area contributed by atoms with Gasteiger partial charge in [0.15, 0.2) is 0 Å². The number of hydrogen-bond acceptors (Lipinski definition) is 1. The van der Waals surface area contributed by atoms with Crippen LogP contribution in [0.25, 0.3) is 0 Å². The summed E-state index contributed by atoms with van der Waals surface area (Å²) in [7, 11) is 0. The van der Waals surface area contributed by atoms with Crippen LogP contribution < -0.4 is 0 Å². The van der Waals surface area contributed by atoms with Gasteiger partial charge in [0.1, 0.15) is 5.78 Å². The quantitative estimate of drug-likeness (QED) is 0.732. The van der Waals surface area contributed by atoms with E-state index in [4.69, 9.17) is 0 Å². The second-order valence-corrected chi connectivity index (χ2v) is 4.61. The van der Waals surface area contributed by atoms with Crippen LogP contribution in [0, 0.1) is 19.8 Å². The molecule has 0 N–H and O–H groups in total.